The number of benzene rings is 2. The summed E-state index contributed by atoms with van der Waals surface area (Å²) in [5.74, 6) is -2.13. The molecule has 2 amide bonds. The summed E-state index contributed by atoms with van der Waals surface area (Å²) in [6.45, 7) is 0.0661. The van der Waals surface area contributed by atoms with Gasteiger partial charge in [0.15, 0.2) is 6.04 Å². The zero-order valence-corrected chi connectivity index (χ0v) is 19.9. The number of hydrogen-bond donors (Lipinski definition) is 3. The molecule has 186 valence electrons. The summed E-state index contributed by atoms with van der Waals surface area (Å²) in [5, 5.41) is 14.8. The molecule has 0 saturated heterocycles. The molecule has 0 aliphatic heterocycles. The molecule has 2 aromatic rings. The van der Waals surface area contributed by atoms with Crippen molar-refractivity contribution in [3.05, 3.63) is 59.7 Å². The van der Waals surface area contributed by atoms with E-state index in [1.165, 1.54) is 7.11 Å². The van der Waals surface area contributed by atoms with Crippen molar-refractivity contribution in [2.24, 2.45) is 5.92 Å². The van der Waals surface area contributed by atoms with E-state index >= 15 is 0 Å². The van der Waals surface area contributed by atoms with Gasteiger partial charge in [-0.05, 0) is 35.1 Å². The van der Waals surface area contributed by atoms with Crippen LogP contribution in [0.1, 0.15) is 49.1 Å². The lowest BCUT2D eigenvalue weighted by molar-refractivity contribution is -0.144. The highest BCUT2D eigenvalue weighted by Crippen LogP contribution is 2.44. The van der Waals surface area contributed by atoms with Crippen LogP contribution in [-0.4, -0.2) is 55.5 Å². The number of fused-ring (bicyclic) bond motifs is 3. The van der Waals surface area contributed by atoms with Gasteiger partial charge in [-0.25, -0.2) is 9.59 Å². The Morgan fingerprint density at radius 1 is 0.971 bits per heavy atom. The fourth-order valence-electron chi connectivity index (χ4n) is 5.21. The SMILES string of the molecule is COCC(NC(=O)[C@@H]1CCCCC[C@@H]1NC(=O)OCC1c2ccccc2-c2ccccc21)C(=O)O. The van der Waals surface area contributed by atoms with Gasteiger partial charge in [-0.15, -0.1) is 0 Å². The summed E-state index contributed by atoms with van der Waals surface area (Å²) in [5.41, 5.74) is 4.57. The summed E-state index contributed by atoms with van der Waals surface area (Å²) in [4.78, 5) is 37.2. The van der Waals surface area contributed by atoms with E-state index in [0.717, 1.165) is 41.5 Å². The topological polar surface area (TPSA) is 114 Å². The molecule has 0 spiro atoms. The maximum atomic E-state index is 13.0. The molecular formula is C27H32N2O6. The highest BCUT2D eigenvalue weighted by Gasteiger charge is 2.34. The summed E-state index contributed by atoms with van der Waals surface area (Å²) in [6.07, 6.45) is 3.29. The standard InChI is InChI=1S/C27H32N2O6/c1-34-16-24(26(31)32)28-25(30)21-13-3-2-4-14-23(21)29-27(33)35-15-22-19-11-7-5-9-17(19)18-10-6-8-12-20(18)22/h5-12,21-24H,2-4,13-16H2,1H3,(H,28,30)(H,29,33)(H,31,32)/t21-,23+,24?/m1/s1. The van der Waals surface area contributed by atoms with Gasteiger partial charge in [0.1, 0.15) is 6.61 Å². The lowest BCUT2D eigenvalue weighted by Gasteiger charge is -2.26. The molecule has 2 aromatic carbocycles. The van der Waals surface area contributed by atoms with Crippen LogP contribution in [0, 0.1) is 5.92 Å². The van der Waals surface area contributed by atoms with Crippen LogP contribution in [0.2, 0.25) is 0 Å². The van der Waals surface area contributed by atoms with E-state index in [9.17, 15) is 19.5 Å². The minimum absolute atomic E-state index is 0.0493. The summed E-state index contributed by atoms with van der Waals surface area (Å²) in [6, 6.07) is 14.7. The van der Waals surface area contributed by atoms with Crippen LogP contribution < -0.4 is 10.6 Å². The first-order chi connectivity index (χ1) is 17.0. The molecule has 0 bridgehead atoms. The Labute approximate surface area is 205 Å². The first-order valence-electron chi connectivity index (χ1n) is 12.1. The molecule has 1 saturated carbocycles. The van der Waals surface area contributed by atoms with E-state index in [1.807, 2.05) is 24.3 Å². The van der Waals surface area contributed by atoms with E-state index in [0.29, 0.717) is 12.8 Å². The van der Waals surface area contributed by atoms with Gasteiger partial charge >= 0.3 is 12.1 Å². The zero-order valence-electron chi connectivity index (χ0n) is 19.9. The fraction of sp³-hybridized carbons (Fsp3) is 0.444. The average Bonchev–Trinajstić information content (AvgIpc) is 2.98. The van der Waals surface area contributed by atoms with Gasteiger partial charge in [0.2, 0.25) is 5.91 Å². The first kappa shape index (κ1) is 24.7. The van der Waals surface area contributed by atoms with Crippen molar-refractivity contribution >= 4 is 18.0 Å². The molecule has 0 heterocycles. The lowest BCUT2D eigenvalue weighted by Crippen LogP contribution is -2.51. The number of ether oxygens (including phenoxy) is 2. The van der Waals surface area contributed by atoms with Crippen molar-refractivity contribution in [2.75, 3.05) is 20.3 Å². The van der Waals surface area contributed by atoms with E-state index < -0.39 is 30.1 Å². The van der Waals surface area contributed by atoms with Crippen LogP contribution in [0.3, 0.4) is 0 Å². The highest BCUT2D eigenvalue weighted by atomic mass is 16.5. The van der Waals surface area contributed by atoms with Gasteiger partial charge in [0.25, 0.3) is 0 Å². The Kier molecular flexibility index (Phi) is 8.02. The molecular weight excluding hydrogens is 448 g/mol. The molecule has 1 unspecified atom stereocenters. The van der Waals surface area contributed by atoms with Crippen molar-refractivity contribution in [3.63, 3.8) is 0 Å². The second kappa shape index (κ2) is 11.4. The number of carbonyl (C=O) groups excluding carboxylic acids is 2. The third-order valence-electron chi connectivity index (χ3n) is 6.95. The smallest absolute Gasteiger partial charge is 0.407 e. The second-order valence-electron chi connectivity index (χ2n) is 9.18. The predicted octanol–water partition coefficient (Wildman–Crippen LogP) is 3.69. The first-order valence-corrected chi connectivity index (χ1v) is 12.1. The Morgan fingerprint density at radius 3 is 2.23 bits per heavy atom. The van der Waals surface area contributed by atoms with Crippen LogP contribution in [0.4, 0.5) is 4.79 Å². The van der Waals surface area contributed by atoms with Crippen LogP contribution in [0.15, 0.2) is 48.5 Å². The predicted molar refractivity (Wildman–Crippen MR) is 130 cm³/mol. The number of carboxylic acid groups (broad SMARTS) is 1. The van der Waals surface area contributed by atoms with E-state index in [4.69, 9.17) is 9.47 Å². The van der Waals surface area contributed by atoms with Gasteiger partial charge in [0, 0.05) is 19.1 Å². The molecule has 2 aliphatic rings. The number of alkyl carbamates (subject to hydrolysis) is 1. The summed E-state index contributed by atoms with van der Waals surface area (Å²) >= 11 is 0. The third kappa shape index (κ3) is 5.65. The average molecular weight is 481 g/mol. The number of rotatable bonds is 8. The van der Waals surface area contributed by atoms with E-state index in [2.05, 4.69) is 34.9 Å². The lowest BCUT2D eigenvalue weighted by atomic mass is 9.93. The number of amides is 2. The molecule has 4 rings (SSSR count). The minimum atomic E-state index is -1.16. The van der Waals surface area contributed by atoms with Crippen molar-refractivity contribution in [2.45, 2.75) is 50.1 Å². The molecule has 1 fully saturated rings. The van der Waals surface area contributed by atoms with E-state index in [1.54, 1.807) is 0 Å². The molecule has 0 aromatic heterocycles. The molecule has 3 atom stereocenters. The number of carboxylic acids is 1. The Balaban J connectivity index is 1.41. The normalized spacial score (nSPS) is 20.1. The minimum Gasteiger partial charge on any atom is -0.480 e. The third-order valence-corrected chi connectivity index (χ3v) is 6.95. The Bertz CT molecular complexity index is 1030. The zero-order chi connectivity index (χ0) is 24.8. The van der Waals surface area contributed by atoms with Gasteiger partial charge in [-0.1, -0.05) is 67.8 Å². The molecule has 0 radical (unpaired) electrons. The molecule has 8 heteroatoms. The van der Waals surface area contributed by atoms with E-state index in [-0.39, 0.29) is 25.0 Å². The maximum Gasteiger partial charge on any atom is 0.407 e. The number of methoxy groups -OCH3 is 1. The fourth-order valence-corrected chi connectivity index (χ4v) is 5.21. The molecule has 2 aliphatic carbocycles. The Morgan fingerprint density at radius 2 is 1.60 bits per heavy atom. The number of nitrogens with one attached hydrogen (secondary N) is 2. The summed E-state index contributed by atoms with van der Waals surface area (Å²) in [7, 11) is 1.38. The van der Waals surface area contributed by atoms with Gasteiger partial charge < -0.3 is 25.2 Å². The summed E-state index contributed by atoms with van der Waals surface area (Å²) < 4.78 is 10.6. The number of hydrogen-bond acceptors (Lipinski definition) is 5. The van der Waals surface area contributed by atoms with Gasteiger partial charge in [-0.2, -0.15) is 0 Å². The monoisotopic (exact) mass is 480 g/mol. The number of aliphatic carboxylic acids is 1. The van der Waals surface area contributed by atoms with Crippen molar-refractivity contribution in [1.82, 2.24) is 10.6 Å². The van der Waals surface area contributed by atoms with Crippen LogP contribution >= 0.6 is 0 Å². The number of carbonyl (C=O) groups is 3. The molecule has 35 heavy (non-hydrogen) atoms. The van der Waals surface area contributed by atoms with Crippen molar-refractivity contribution < 1.29 is 29.0 Å². The van der Waals surface area contributed by atoms with Gasteiger partial charge in [-0.3, -0.25) is 4.79 Å². The largest absolute Gasteiger partial charge is 0.480 e. The van der Waals surface area contributed by atoms with Gasteiger partial charge in [0.05, 0.1) is 12.5 Å². The van der Waals surface area contributed by atoms with Crippen molar-refractivity contribution in [1.29, 1.82) is 0 Å². The quantitative estimate of drug-likeness (QED) is 0.497. The van der Waals surface area contributed by atoms with Crippen LogP contribution in [0.25, 0.3) is 11.1 Å². The Hall–Kier alpha value is -3.39. The highest BCUT2D eigenvalue weighted by molar-refractivity contribution is 5.86. The maximum absolute atomic E-state index is 13.0. The molecule has 3 N–H and O–H groups in total. The van der Waals surface area contributed by atoms with Crippen LogP contribution in [-0.2, 0) is 19.1 Å². The van der Waals surface area contributed by atoms with Crippen LogP contribution in [0.5, 0.6) is 0 Å². The molecule has 8 nitrogen and oxygen atoms in total. The van der Waals surface area contributed by atoms with Crippen molar-refractivity contribution in [3.8, 4) is 11.1 Å². The second-order valence-corrected chi connectivity index (χ2v) is 9.18.